The van der Waals surface area contributed by atoms with E-state index in [9.17, 15) is 0 Å². The van der Waals surface area contributed by atoms with Crippen LogP contribution in [0.3, 0.4) is 0 Å². The van der Waals surface area contributed by atoms with Crippen LogP contribution < -0.4 is 5.32 Å². The Balaban J connectivity index is 1.72. The Labute approximate surface area is 104 Å². The van der Waals surface area contributed by atoms with Crippen molar-refractivity contribution in [2.45, 2.75) is 18.9 Å². The van der Waals surface area contributed by atoms with E-state index < -0.39 is 0 Å². The number of hydrogen-bond acceptors (Lipinski definition) is 1. The number of allylic oxidation sites excluding steroid dienone is 1. The molecule has 1 nitrogen and oxygen atoms in total. The van der Waals surface area contributed by atoms with E-state index in [2.05, 4.69) is 64.3 Å². The molecule has 0 amide bonds. The molecule has 0 spiro atoms. The number of anilines is 1. The molecule has 3 rings (SSSR count). The molecular formula is C13H14IN. The van der Waals surface area contributed by atoms with Gasteiger partial charge in [-0.05, 0) is 53.5 Å². The molecule has 3 atom stereocenters. The molecule has 0 bridgehead atoms. The van der Waals surface area contributed by atoms with Gasteiger partial charge in [-0.3, -0.25) is 0 Å². The summed E-state index contributed by atoms with van der Waals surface area (Å²) in [6, 6.07) is 9.19. The minimum Gasteiger partial charge on any atom is -0.381 e. The first kappa shape index (κ1) is 9.70. The Bertz CT molecular complexity index is 399. The van der Waals surface area contributed by atoms with Crippen LogP contribution in [0.5, 0.6) is 0 Å². The van der Waals surface area contributed by atoms with Gasteiger partial charge in [-0.1, -0.05) is 24.3 Å². The van der Waals surface area contributed by atoms with Crippen molar-refractivity contribution in [3.8, 4) is 0 Å². The number of rotatable bonds is 2. The second-order valence-electron chi connectivity index (χ2n) is 4.47. The van der Waals surface area contributed by atoms with E-state index in [1.54, 1.807) is 0 Å². The van der Waals surface area contributed by atoms with Crippen LogP contribution in [0.2, 0.25) is 0 Å². The Hall–Kier alpha value is -0.510. The average molecular weight is 311 g/mol. The Morgan fingerprint density at radius 1 is 1.27 bits per heavy atom. The van der Waals surface area contributed by atoms with Crippen LogP contribution in [0, 0.1) is 15.4 Å². The van der Waals surface area contributed by atoms with E-state index in [0.717, 1.165) is 11.8 Å². The summed E-state index contributed by atoms with van der Waals surface area (Å²) < 4.78 is 1.32. The molecule has 0 radical (unpaired) electrons. The summed E-state index contributed by atoms with van der Waals surface area (Å²) in [5, 5.41) is 3.66. The third-order valence-electron chi connectivity index (χ3n) is 3.58. The van der Waals surface area contributed by atoms with Crippen molar-refractivity contribution in [3.05, 3.63) is 40.0 Å². The van der Waals surface area contributed by atoms with Gasteiger partial charge in [0.15, 0.2) is 0 Å². The molecule has 1 saturated carbocycles. The first-order valence-electron chi connectivity index (χ1n) is 5.52. The molecule has 1 aromatic rings. The summed E-state index contributed by atoms with van der Waals surface area (Å²) in [6.45, 7) is 0. The highest BCUT2D eigenvalue weighted by atomic mass is 127. The first-order valence-corrected chi connectivity index (χ1v) is 6.60. The largest absolute Gasteiger partial charge is 0.381 e. The van der Waals surface area contributed by atoms with Crippen molar-refractivity contribution in [2.75, 3.05) is 5.32 Å². The summed E-state index contributed by atoms with van der Waals surface area (Å²) in [7, 11) is 0. The fraction of sp³-hybridized carbons (Fsp3) is 0.385. The van der Waals surface area contributed by atoms with Gasteiger partial charge in [0.05, 0.1) is 0 Å². The summed E-state index contributed by atoms with van der Waals surface area (Å²) in [6.07, 6.45) is 7.37. The zero-order valence-electron chi connectivity index (χ0n) is 8.49. The van der Waals surface area contributed by atoms with Gasteiger partial charge in [0, 0.05) is 21.2 Å². The summed E-state index contributed by atoms with van der Waals surface area (Å²) in [5.74, 6) is 1.73. The zero-order valence-corrected chi connectivity index (χ0v) is 10.6. The van der Waals surface area contributed by atoms with E-state index in [1.165, 1.54) is 22.1 Å². The van der Waals surface area contributed by atoms with Crippen molar-refractivity contribution in [3.63, 3.8) is 0 Å². The first-order chi connectivity index (χ1) is 7.34. The fourth-order valence-electron chi connectivity index (χ4n) is 2.66. The van der Waals surface area contributed by atoms with Gasteiger partial charge in [-0.25, -0.2) is 0 Å². The molecule has 1 aromatic carbocycles. The second kappa shape index (κ2) is 3.81. The van der Waals surface area contributed by atoms with Gasteiger partial charge in [-0.15, -0.1) is 0 Å². The molecule has 2 aliphatic carbocycles. The number of para-hydroxylation sites is 1. The van der Waals surface area contributed by atoms with Crippen LogP contribution in [-0.2, 0) is 0 Å². The summed E-state index contributed by atoms with van der Waals surface area (Å²) in [5.41, 5.74) is 1.29. The minimum atomic E-state index is 0.671. The number of halogens is 1. The summed E-state index contributed by atoms with van der Waals surface area (Å²) >= 11 is 2.39. The SMILES string of the molecule is Ic1ccccc1NC1CC2CC=CC21. The smallest absolute Gasteiger partial charge is 0.0478 e. The molecule has 78 valence electrons. The maximum absolute atomic E-state index is 3.66. The molecule has 0 aliphatic heterocycles. The highest BCUT2D eigenvalue weighted by molar-refractivity contribution is 14.1. The molecule has 15 heavy (non-hydrogen) atoms. The minimum absolute atomic E-state index is 0.671. The number of fused-ring (bicyclic) bond motifs is 1. The Morgan fingerprint density at radius 2 is 2.13 bits per heavy atom. The van der Waals surface area contributed by atoms with Crippen molar-refractivity contribution in [2.24, 2.45) is 11.8 Å². The predicted molar refractivity (Wildman–Crippen MR) is 71.9 cm³/mol. The molecule has 0 heterocycles. The number of hydrogen-bond donors (Lipinski definition) is 1. The van der Waals surface area contributed by atoms with Gasteiger partial charge < -0.3 is 5.32 Å². The Morgan fingerprint density at radius 3 is 2.93 bits per heavy atom. The highest BCUT2D eigenvalue weighted by Crippen LogP contribution is 2.44. The molecule has 2 aliphatic rings. The lowest BCUT2D eigenvalue weighted by Gasteiger charge is -2.41. The third kappa shape index (κ3) is 1.69. The lowest BCUT2D eigenvalue weighted by Crippen LogP contribution is -2.43. The lowest BCUT2D eigenvalue weighted by atomic mass is 9.71. The van der Waals surface area contributed by atoms with Crippen LogP contribution >= 0.6 is 22.6 Å². The van der Waals surface area contributed by atoms with Crippen LogP contribution in [0.4, 0.5) is 5.69 Å². The normalized spacial score (nSPS) is 32.2. The molecule has 0 aromatic heterocycles. The van der Waals surface area contributed by atoms with E-state index in [4.69, 9.17) is 0 Å². The molecule has 2 heteroatoms. The molecule has 0 saturated heterocycles. The number of nitrogens with one attached hydrogen (secondary N) is 1. The fourth-order valence-corrected chi connectivity index (χ4v) is 3.20. The quantitative estimate of drug-likeness (QED) is 0.649. The van der Waals surface area contributed by atoms with Crippen LogP contribution in [0.1, 0.15) is 12.8 Å². The van der Waals surface area contributed by atoms with E-state index in [0.29, 0.717) is 6.04 Å². The van der Waals surface area contributed by atoms with Gasteiger partial charge in [0.1, 0.15) is 0 Å². The molecule has 1 N–H and O–H groups in total. The molecule has 3 unspecified atom stereocenters. The van der Waals surface area contributed by atoms with Crippen molar-refractivity contribution in [1.29, 1.82) is 0 Å². The van der Waals surface area contributed by atoms with Crippen molar-refractivity contribution >= 4 is 28.3 Å². The van der Waals surface area contributed by atoms with Gasteiger partial charge >= 0.3 is 0 Å². The molecule has 1 fully saturated rings. The topological polar surface area (TPSA) is 12.0 Å². The van der Waals surface area contributed by atoms with E-state index in [-0.39, 0.29) is 0 Å². The molecular weight excluding hydrogens is 297 g/mol. The lowest BCUT2D eigenvalue weighted by molar-refractivity contribution is 0.218. The van der Waals surface area contributed by atoms with Crippen LogP contribution in [0.25, 0.3) is 0 Å². The number of benzene rings is 1. The van der Waals surface area contributed by atoms with Gasteiger partial charge in [-0.2, -0.15) is 0 Å². The standard InChI is InChI=1S/C13H14IN/c14-11-6-1-2-7-12(11)15-13-8-9-4-3-5-10(9)13/h1-3,5-7,9-10,13,15H,4,8H2. The zero-order chi connectivity index (χ0) is 10.3. The monoisotopic (exact) mass is 311 g/mol. The van der Waals surface area contributed by atoms with Crippen molar-refractivity contribution < 1.29 is 0 Å². The summed E-state index contributed by atoms with van der Waals surface area (Å²) in [4.78, 5) is 0. The third-order valence-corrected chi connectivity index (χ3v) is 4.52. The van der Waals surface area contributed by atoms with Gasteiger partial charge in [0.2, 0.25) is 0 Å². The van der Waals surface area contributed by atoms with E-state index >= 15 is 0 Å². The predicted octanol–water partition coefficient (Wildman–Crippen LogP) is 3.67. The van der Waals surface area contributed by atoms with Crippen molar-refractivity contribution in [1.82, 2.24) is 0 Å². The maximum atomic E-state index is 3.66. The Kier molecular flexibility index (Phi) is 2.47. The maximum Gasteiger partial charge on any atom is 0.0478 e. The second-order valence-corrected chi connectivity index (χ2v) is 5.63. The highest BCUT2D eigenvalue weighted by Gasteiger charge is 2.40. The van der Waals surface area contributed by atoms with E-state index in [1.807, 2.05) is 0 Å². The van der Waals surface area contributed by atoms with Crippen LogP contribution in [-0.4, -0.2) is 6.04 Å². The van der Waals surface area contributed by atoms with Crippen LogP contribution in [0.15, 0.2) is 36.4 Å². The van der Waals surface area contributed by atoms with Gasteiger partial charge in [0.25, 0.3) is 0 Å². The average Bonchev–Trinajstić information content (AvgIpc) is 2.59.